The van der Waals surface area contributed by atoms with Crippen LogP contribution in [0.5, 0.6) is 0 Å². The van der Waals surface area contributed by atoms with E-state index >= 15 is 0 Å². The lowest BCUT2D eigenvalue weighted by molar-refractivity contribution is -0.146. The molecule has 0 saturated carbocycles. The first-order valence-electron chi connectivity index (χ1n) is 8.13. The smallest absolute Gasteiger partial charge is 0.0709 e. The second-order valence-corrected chi connectivity index (χ2v) is 7.25. The van der Waals surface area contributed by atoms with E-state index in [1.54, 1.807) is 0 Å². The van der Waals surface area contributed by atoms with E-state index in [4.69, 9.17) is 4.74 Å². The standard InChI is InChI=1S/C18H30N2O2/c1-17(2)14-18(21,10-12-22-17)9-11-19-13-15-5-7-16(8-6-15)20(3)4/h5-8,19,21H,9-14H2,1-4H3/t18-/m1/s1. The minimum absolute atomic E-state index is 0.213. The van der Waals surface area contributed by atoms with E-state index in [1.165, 1.54) is 11.3 Å². The Kier molecular flexibility index (Phi) is 5.48. The van der Waals surface area contributed by atoms with Crippen molar-refractivity contribution >= 4 is 5.69 Å². The van der Waals surface area contributed by atoms with E-state index in [0.717, 1.165) is 25.9 Å². The molecular formula is C18H30N2O2. The van der Waals surface area contributed by atoms with Crippen molar-refractivity contribution in [1.82, 2.24) is 5.32 Å². The molecule has 0 radical (unpaired) electrons. The van der Waals surface area contributed by atoms with Gasteiger partial charge in [0.1, 0.15) is 0 Å². The summed E-state index contributed by atoms with van der Waals surface area (Å²) >= 11 is 0. The quantitative estimate of drug-likeness (QED) is 0.793. The van der Waals surface area contributed by atoms with Gasteiger partial charge in [0.15, 0.2) is 0 Å². The molecule has 0 bridgehead atoms. The Labute approximate surface area is 134 Å². The first-order valence-corrected chi connectivity index (χ1v) is 8.13. The molecule has 1 saturated heterocycles. The molecule has 0 aliphatic carbocycles. The van der Waals surface area contributed by atoms with Crippen molar-refractivity contribution in [2.75, 3.05) is 32.1 Å². The van der Waals surface area contributed by atoms with Crippen LogP contribution in [0.1, 0.15) is 38.7 Å². The van der Waals surface area contributed by atoms with E-state index in [2.05, 4.69) is 48.3 Å². The number of hydrogen-bond donors (Lipinski definition) is 2. The summed E-state index contributed by atoms with van der Waals surface area (Å²) in [7, 11) is 4.09. The molecule has 1 aliphatic rings. The molecule has 2 rings (SSSR count). The SMILES string of the molecule is CN(C)c1ccc(CNCC[C@@]2(O)CCOC(C)(C)C2)cc1. The van der Waals surface area contributed by atoms with Crippen molar-refractivity contribution in [1.29, 1.82) is 0 Å². The average Bonchev–Trinajstić information content (AvgIpc) is 2.43. The van der Waals surface area contributed by atoms with Crippen molar-refractivity contribution in [3.63, 3.8) is 0 Å². The summed E-state index contributed by atoms with van der Waals surface area (Å²) in [6, 6.07) is 8.56. The molecule has 124 valence electrons. The van der Waals surface area contributed by atoms with Gasteiger partial charge in [-0.25, -0.2) is 0 Å². The Hall–Kier alpha value is -1.10. The maximum atomic E-state index is 10.7. The Morgan fingerprint density at radius 2 is 1.91 bits per heavy atom. The van der Waals surface area contributed by atoms with E-state index in [-0.39, 0.29) is 5.60 Å². The first-order chi connectivity index (χ1) is 10.3. The number of benzene rings is 1. The lowest BCUT2D eigenvalue weighted by atomic mass is 9.82. The van der Waals surface area contributed by atoms with Crippen LogP contribution in [0.15, 0.2) is 24.3 Å². The highest BCUT2D eigenvalue weighted by Crippen LogP contribution is 2.33. The number of aliphatic hydroxyl groups is 1. The predicted molar refractivity (Wildman–Crippen MR) is 91.3 cm³/mol. The number of anilines is 1. The van der Waals surface area contributed by atoms with Crippen LogP contribution in [-0.2, 0) is 11.3 Å². The van der Waals surface area contributed by atoms with Crippen molar-refractivity contribution in [3.05, 3.63) is 29.8 Å². The van der Waals surface area contributed by atoms with Crippen molar-refractivity contribution in [3.8, 4) is 0 Å². The molecule has 0 amide bonds. The molecule has 1 atom stereocenters. The van der Waals surface area contributed by atoms with Crippen LogP contribution in [0, 0.1) is 0 Å². The van der Waals surface area contributed by atoms with Crippen LogP contribution in [0.4, 0.5) is 5.69 Å². The fraction of sp³-hybridized carbons (Fsp3) is 0.667. The van der Waals surface area contributed by atoms with Gasteiger partial charge in [0, 0.05) is 32.7 Å². The normalized spacial score (nSPS) is 24.2. The zero-order valence-corrected chi connectivity index (χ0v) is 14.4. The van der Waals surface area contributed by atoms with Gasteiger partial charge >= 0.3 is 0 Å². The lowest BCUT2D eigenvalue weighted by Crippen LogP contribution is -2.47. The summed E-state index contributed by atoms with van der Waals surface area (Å²) in [4.78, 5) is 2.10. The Morgan fingerprint density at radius 3 is 2.50 bits per heavy atom. The third kappa shape index (κ3) is 4.97. The minimum Gasteiger partial charge on any atom is -0.390 e. The number of hydrogen-bond acceptors (Lipinski definition) is 4. The summed E-state index contributed by atoms with van der Waals surface area (Å²) in [5.41, 5.74) is 1.67. The van der Waals surface area contributed by atoms with Gasteiger partial charge in [-0.05, 0) is 50.9 Å². The maximum Gasteiger partial charge on any atom is 0.0709 e. The van der Waals surface area contributed by atoms with Gasteiger partial charge in [0.05, 0.1) is 17.8 Å². The van der Waals surface area contributed by atoms with Gasteiger partial charge < -0.3 is 20.1 Å². The Balaban J connectivity index is 1.74. The summed E-state index contributed by atoms with van der Waals surface area (Å²) in [5.74, 6) is 0. The van der Waals surface area contributed by atoms with Crippen LogP contribution in [0.3, 0.4) is 0 Å². The number of rotatable bonds is 6. The molecule has 4 nitrogen and oxygen atoms in total. The molecule has 1 fully saturated rings. The molecule has 0 unspecified atom stereocenters. The van der Waals surface area contributed by atoms with E-state index in [9.17, 15) is 5.11 Å². The Bertz CT molecular complexity index is 470. The van der Waals surface area contributed by atoms with Crippen LogP contribution >= 0.6 is 0 Å². The van der Waals surface area contributed by atoms with E-state index in [1.807, 2.05) is 14.1 Å². The maximum absolute atomic E-state index is 10.7. The Morgan fingerprint density at radius 1 is 1.23 bits per heavy atom. The van der Waals surface area contributed by atoms with Gasteiger partial charge in [0.25, 0.3) is 0 Å². The monoisotopic (exact) mass is 306 g/mol. The molecule has 0 spiro atoms. The number of nitrogens with one attached hydrogen (secondary N) is 1. The second kappa shape index (κ2) is 6.99. The molecule has 1 aromatic rings. The average molecular weight is 306 g/mol. The summed E-state index contributed by atoms with van der Waals surface area (Å²) in [6.45, 7) is 6.41. The van der Waals surface area contributed by atoms with Crippen molar-refractivity contribution in [2.24, 2.45) is 0 Å². The van der Waals surface area contributed by atoms with Gasteiger partial charge in [0.2, 0.25) is 0 Å². The van der Waals surface area contributed by atoms with E-state index in [0.29, 0.717) is 13.0 Å². The van der Waals surface area contributed by atoms with E-state index < -0.39 is 5.60 Å². The highest BCUT2D eigenvalue weighted by Gasteiger charge is 2.38. The number of nitrogens with zero attached hydrogens (tertiary/aromatic N) is 1. The largest absolute Gasteiger partial charge is 0.390 e. The molecule has 22 heavy (non-hydrogen) atoms. The zero-order chi connectivity index (χ0) is 16.2. The molecule has 2 N–H and O–H groups in total. The van der Waals surface area contributed by atoms with Crippen molar-refractivity contribution < 1.29 is 9.84 Å². The summed E-state index contributed by atoms with van der Waals surface area (Å²) < 4.78 is 5.68. The van der Waals surface area contributed by atoms with Crippen LogP contribution in [-0.4, -0.2) is 43.6 Å². The fourth-order valence-electron chi connectivity index (χ4n) is 3.13. The highest BCUT2D eigenvalue weighted by atomic mass is 16.5. The van der Waals surface area contributed by atoms with Crippen molar-refractivity contribution in [2.45, 2.75) is 50.9 Å². The predicted octanol–water partition coefficient (Wildman–Crippen LogP) is 2.55. The first kappa shape index (κ1) is 17.3. The topological polar surface area (TPSA) is 44.7 Å². The van der Waals surface area contributed by atoms with Crippen LogP contribution in [0.25, 0.3) is 0 Å². The zero-order valence-electron chi connectivity index (χ0n) is 14.4. The highest BCUT2D eigenvalue weighted by molar-refractivity contribution is 5.45. The van der Waals surface area contributed by atoms with Gasteiger partial charge in [-0.2, -0.15) is 0 Å². The molecular weight excluding hydrogens is 276 g/mol. The molecule has 0 aromatic heterocycles. The third-order valence-corrected chi connectivity index (χ3v) is 4.36. The van der Waals surface area contributed by atoms with Crippen LogP contribution < -0.4 is 10.2 Å². The summed E-state index contributed by atoms with van der Waals surface area (Å²) in [5, 5.41) is 14.1. The molecule has 1 aromatic carbocycles. The lowest BCUT2D eigenvalue weighted by Gasteiger charge is -2.41. The van der Waals surface area contributed by atoms with Gasteiger partial charge in [-0.15, -0.1) is 0 Å². The number of ether oxygens (including phenoxy) is 1. The summed E-state index contributed by atoms with van der Waals surface area (Å²) in [6.07, 6.45) is 2.21. The van der Waals surface area contributed by atoms with Gasteiger partial charge in [-0.3, -0.25) is 0 Å². The minimum atomic E-state index is -0.594. The molecule has 1 heterocycles. The molecule has 1 aliphatic heterocycles. The fourth-order valence-corrected chi connectivity index (χ4v) is 3.13. The van der Waals surface area contributed by atoms with Crippen LogP contribution in [0.2, 0.25) is 0 Å². The molecule has 4 heteroatoms. The second-order valence-electron chi connectivity index (χ2n) is 7.25. The van der Waals surface area contributed by atoms with Gasteiger partial charge in [-0.1, -0.05) is 12.1 Å². The third-order valence-electron chi connectivity index (χ3n) is 4.36.